The van der Waals surface area contributed by atoms with Crippen molar-refractivity contribution in [1.29, 1.82) is 0 Å². The lowest BCUT2D eigenvalue weighted by atomic mass is 10.1. The van der Waals surface area contributed by atoms with Gasteiger partial charge in [0.25, 0.3) is 0 Å². The first-order valence-electron chi connectivity index (χ1n) is 9.40. The number of aromatic nitrogens is 3. The van der Waals surface area contributed by atoms with Crippen LogP contribution < -0.4 is 0 Å². The average molecular weight is 384 g/mol. The molecule has 4 heteroatoms. The first-order chi connectivity index (χ1) is 13.8. The standard InChI is InChI=1S/C24H21N3S/c1-2-18-7-3-4-8-19(15-18)23-16-21(12-14-26-23)28-24-11-5-10-22(27-24)20-9-6-13-25-17-20/h3-6,8-17H,2,7H2,1H3. The van der Waals surface area contributed by atoms with Gasteiger partial charge in [-0.1, -0.05) is 54.6 Å². The topological polar surface area (TPSA) is 38.7 Å². The number of allylic oxidation sites excluding steroid dienone is 6. The molecule has 0 atom stereocenters. The van der Waals surface area contributed by atoms with Crippen molar-refractivity contribution in [3.8, 4) is 11.3 Å². The maximum Gasteiger partial charge on any atom is 0.101 e. The van der Waals surface area contributed by atoms with Crippen LogP contribution in [-0.4, -0.2) is 15.0 Å². The third kappa shape index (κ3) is 4.46. The van der Waals surface area contributed by atoms with Gasteiger partial charge in [-0.05, 0) is 49.2 Å². The summed E-state index contributed by atoms with van der Waals surface area (Å²) in [5.74, 6) is 0. The molecule has 0 N–H and O–H groups in total. The van der Waals surface area contributed by atoms with Gasteiger partial charge < -0.3 is 0 Å². The molecule has 28 heavy (non-hydrogen) atoms. The summed E-state index contributed by atoms with van der Waals surface area (Å²) >= 11 is 1.65. The van der Waals surface area contributed by atoms with E-state index < -0.39 is 0 Å². The Balaban J connectivity index is 1.59. The number of rotatable bonds is 5. The van der Waals surface area contributed by atoms with Crippen LogP contribution in [0.5, 0.6) is 0 Å². The van der Waals surface area contributed by atoms with Gasteiger partial charge in [0.2, 0.25) is 0 Å². The smallest absolute Gasteiger partial charge is 0.101 e. The Labute approximate surface area is 170 Å². The Morgan fingerprint density at radius 2 is 2.00 bits per heavy atom. The molecule has 4 rings (SSSR count). The first kappa shape index (κ1) is 18.4. The van der Waals surface area contributed by atoms with Crippen LogP contribution in [0.2, 0.25) is 0 Å². The van der Waals surface area contributed by atoms with Gasteiger partial charge in [0.05, 0.1) is 11.4 Å². The molecule has 3 heterocycles. The van der Waals surface area contributed by atoms with Crippen molar-refractivity contribution >= 4 is 17.3 Å². The van der Waals surface area contributed by atoms with Crippen molar-refractivity contribution in [3.63, 3.8) is 0 Å². The molecule has 0 aliphatic heterocycles. The number of nitrogens with zero attached hydrogens (tertiary/aromatic N) is 3. The molecule has 3 nitrogen and oxygen atoms in total. The second kappa shape index (κ2) is 8.81. The number of hydrogen-bond donors (Lipinski definition) is 0. The van der Waals surface area contributed by atoms with Crippen LogP contribution >= 0.6 is 11.8 Å². The molecule has 0 fully saturated rings. The average Bonchev–Trinajstić information content (AvgIpc) is 3.01. The van der Waals surface area contributed by atoms with Crippen LogP contribution in [-0.2, 0) is 0 Å². The molecule has 0 radical (unpaired) electrons. The molecule has 0 unspecified atom stereocenters. The van der Waals surface area contributed by atoms with E-state index in [1.807, 2.05) is 48.8 Å². The predicted octanol–water partition coefficient (Wildman–Crippen LogP) is 6.37. The minimum absolute atomic E-state index is 0.930. The van der Waals surface area contributed by atoms with E-state index in [1.54, 1.807) is 18.0 Å². The van der Waals surface area contributed by atoms with E-state index in [-0.39, 0.29) is 0 Å². The fourth-order valence-electron chi connectivity index (χ4n) is 3.02. The molecule has 0 saturated heterocycles. The summed E-state index contributed by atoms with van der Waals surface area (Å²) < 4.78 is 0. The SMILES string of the molecule is CCC1=CC(c2cc(Sc3cccc(-c4cccnc4)n3)ccn2)=CC=CC1. The Kier molecular flexibility index (Phi) is 5.78. The molecule has 138 valence electrons. The van der Waals surface area contributed by atoms with Crippen LogP contribution in [0.1, 0.15) is 25.5 Å². The van der Waals surface area contributed by atoms with Crippen LogP contribution in [0.3, 0.4) is 0 Å². The van der Waals surface area contributed by atoms with Gasteiger partial charge in [-0.25, -0.2) is 4.98 Å². The normalized spacial score (nSPS) is 13.6. The maximum absolute atomic E-state index is 4.79. The van der Waals surface area contributed by atoms with Gasteiger partial charge in [-0.3, -0.25) is 9.97 Å². The highest BCUT2D eigenvalue weighted by molar-refractivity contribution is 7.99. The van der Waals surface area contributed by atoms with Gasteiger partial charge >= 0.3 is 0 Å². The zero-order valence-corrected chi connectivity index (χ0v) is 16.6. The summed E-state index contributed by atoms with van der Waals surface area (Å²) in [6.07, 6.45) is 16.3. The molecule has 3 aromatic rings. The van der Waals surface area contributed by atoms with Crippen LogP contribution in [0, 0.1) is 0 Å². The van der Waals surface area contributed by atoms with Crippen molar-refractivity contribution in [1.82, 2.24) is 15.0 Å². The molecule has 0 spiro atoms. The van der Waals surface area contributed by atoms with Crippen molar-refractivity contribution in [2.45, 2.75) is 29.7 Å². The van der Waals surface area contributed by atoms with Crippen LogP contribution in [0.15, 0.2) is 101 Å². The Hall–Kier alpha value is -2.98. The van der Waals surface area contributed by atoms with Crippen molar-refractivity contribution in [2.75, 3.05) is 0 Å². The van der Waals surface area contributed by atoms with Crippen LogP contribution in [0.4, 0.5) is 0 Å². The second-order valence-corrected chi connectivity index (χ2v) is 7.59. The largest absolute Gasteiger partial charge is 0.264 e. The zero-order valence-electron chi connectivity index (χ0n) is 15.7. The Bertz CT molecular complexity index is 1050. The van der Waals surface area contributed by atoms with E-state index in [0.717, 1.165) is 45.3 Å². The molecule has 0 saturated carbocycles. The third-order valence-electron chi connectivity index (χ3n) is 4.54. The second-order valence-electron chi connectivity index (χ2n) is 6.49. The lowest BCUT2D eigenvalue weighted by Gasteiger charge is -2.07. The highest BCUT2D eigenvalue weighted by Crippen LogP contribution is 2.30. The van der Waals surface area contributed by atoms with Gasteiger partial charge in [-0.15, -0.1) is 0 Å². The van der Waals surface area contributed by atoms with Crippen molar-refractivity contribution in [2.24, 2.45) is 0 Å². The summed E-state index contributed by atoms with van der Waals surface area (Å²) in [5, 5.41) is 0.957. The Morgan fingerprint density at radius 3 is 2.86 bits per heavy atom. The maximum atomic E-state index is 4.79. The van der Waals surface area contributed by atoms with Crippen molar-refractivity contribution < 1.29 is 0 Å². The van der Waals surface area contributed by atoms with Gasteiger partial charge in [0.15, 0.2) is 0 Å². The van der Waals surface area contributed by atoms with Crippen molar-refractivity contribution in [3.05, 3.63) is 96.6 Å². The fourth-order valence-corrected chi connectivity index (χ4v) is 3.86. The molecule has 0 bridgehead atoms. The molecule has 3 aromatic heterocycles. The molecule has 1 aliphatic carbocycles. The summed E-state index contributed by atoms with van der Waals surface area (Å²) in [6.45, 7) is 2.20. The number of hydrogen-bond acceptors (Lipinski definition) is 4. The minimum Gasteiger partial charge on any atom is -0.264 e. The zero-order chi connectivity index (χ0) is 19.2. The van der Waals surface area contributed by atoms with E-state index >= 15 is 0 Å². The summed E-state index contributed by atoms with van der Waals surface area (Å²) in [5.41, 5.74) is 5.52. The third-order valence-corrected chi connectivity index (χ3v) is 5.46. The van der Waals surface area contributed by atoms with Crippen LogP contribution in [0.25, 0.3) is 16.8 Å². The molecular formula is C24H21N3S. The van der Waals surface area contributed by atoms with E-state index in [9.17, 15) is 0 Å². The van der Waals surface area contributed by atoms with Gasteiger partial charge in [0, 0.05) is 34.6 Å². The van der Waals surface area contributed by atoms with E-state index in [2.05, 4.69) is 47.3 Å². The van der Waals surface area contributed by atoms with E-state index in [1.165, 1.54) is 5.57 Å². The van der Waals surface area contributed by atoms with Gasteiger partial charge in [-0.2, -0.15) is 0 Å². The first-order valence-corrected chi connectivity index (χ1v) is 10.2. The quantitative estimate of drug-likeness (QED) is 0.513. The van der Waals surface area contributed by atoms with E-state index in [4.69, 9.17) is 4.98 Å². The lowest BCUT2D eigenvalue weighted by molar-refractivity contribution is 1.03. The minimum atomic E-state index is 0.930. The van der Waals surface area contributed by atoms with E-state index in [0.29, 0.717) is 0 Å². The summed E-state index contributed by atoms with van der Waals surface area (Å²) in [4.78, 5) is 14.7. The van der Waals surface area contributed by atoms with Gasteiger partial charge in [0.1, 0.15) is 5.03 Å². The molecular weight excluding hydrogens is 362 g/mol. The molecule has 0 aromatic carbocycles. The molecule has 0 amide bonds. The highest BCUT2D eigenvalue weighted by atomic mass is 32.2. The monoisotopic (exact) mass is 383 g/mol. The lowest BCUT2D eigenvalue weighted by Crippen LogP contribution is -1.90. The fraction of sp³-hybridized carbons (Fsp3) is 0.125. The highest BCUT2D eigenvalue weighted by Gasteiger charge is 2.08. The summed E-state index contributed by atoms with van der Waals surface area (Å²) in [7, 11) is 0. The number of pyridine rings is 3. The summed E-state index contributed by atoms with van der Waals surface area (Å²) in [6, 6.07) is 14.2. The predicted molar refractivity (Wildman–Crippen MR) is 116 cm³/mol. The Morgan fingerprint density at radius 1 is 1.04 bits per heavy atom. The molecule has 1 aliphatic rings.